The highest BCUT2D eigenvalue weighted by Crippen LogP contribution is 2.36. The summed E-state index contributed by atoms with van der Waals surface area (Å²) in [6, 6.07) is 0. The minimum absolute atomic E-state index is 0.126. The standard InChI is InChI=1S/C24H30O13/c1-11-19(18(29)20(32-11)16-6-8-30-9-7-16)37-24-23(35-15(5)28)22(34-14(4)27)21(33-13(3)26)17(36-24)10-31-12(2)25/h17,21-24H,6-10H2,1-5H3/t17-,21-,22+,23-,24+/m1/s1. The molecule has 0 aromatic heterocycles. The first-order valence-electron chi connectivity index (χ1n) is 11.7. The van der Waals surface area contributed by atoms with E-state index < -0.39 is 67.0 Å². The Morgan fingerprint density at radius 3 is 1.97 bits per heavy atom. The molecule has 37 heavy (non-hydrogen) atoms. The number of esters is 4. The maximum absolute atomic E-state index is 13.2. The smallest absolute Gasteiger partial charge is 0.303 e. The molecule has 0 spiro atoms. The zero-order chi connectivity index (χ0) is 27.3. The van der Waals surface area contributed by atoms with Crippen LogP contribution in [-0.4, -0.2) is 80.2 Å². The maximum atomic E-state index is 13.2. The van der Waals surface area contributed by atoms with Crippen molar-refractivity contribution >= 4 is 29.7 Å². The van der Waals surface area contributed by atoms with Gasteiger partial charge in [-0.15, -0.1) is 0 Å². The van der Waals surface area contributed by atoms with Crippen molar-refractivity contribution in [1.29, 1.82) is 0 Å². The summed E-state index contributed by atoms with van der Waals surface area (Å²) in [6.07, 6.45) is -5.93. The third-order valence-electron chi connectivity index (χ3n) is 5.59. The number of Topliss-reactive ketones (excluding diaryl/α,β-unsaturated/α-hetero) is 1. The number of hydrogen-bond donors (Lipinski definition) is 0. The Morgan fingerprint density at radius 2 is 1.41 bits per heavy atom. The fourth-order valence-electron chi connectivity index (χ4n) is 4.12. The predicted octanol–water partition coefficient (Wildman–Crippen LogP) is 0.981. The molecule has 0 saturated carbocycles. The molecule has 0 radical (unpaired) electrons. The largest absolute Gasteiger partial charge is 0.463 e. The van der Waals surface area contributed by atoms with E-state index in [1.54, 1.807) is 0 Å². The molecular formula is C24H30O13. The molecule has 2 fully saturated rings. The highest BCUT2D eigenvalue weighted by molar-refractivity contribution is 6.08. The zero-order valence-corrected chi connectivity index (χ0v) is 21.2. The number of hydrogen-bond acceptors (Lipinski definition) is 13. The van der Waals surface area contributed by atoms with Crippen LogP contribution in [0, 0.1) is 0 Å². The van der Waals surface area contributed by atoms with E-state index in [4.69, 9.17) is 37.9 Å². The quantitative estimate of drug-likeness (QED) is 0.263. The zero-order valence-electron chi connectivity index (χ0n) is 21.2. The van der Waals surface area contributed by atoms with Crippen LogP contribution in [-0.2, 0) is 61.9 Å². The fourth-order valence-corrected chi connectivity index (χ4v) is 4.12. The summed E-state index contributed by atoms with van der Waals surface area (Å²) >= 11 is 0. The molecule has 13 nitrogen and oxygen atoms in total. The molecular weight excluding hydrogens is 496 g/mol. The van der Waals surface area contributed by atoms with Gasteiger partial charge in [-0.1, -0.05) is 0 Å². The molecule has 13 heteroatoms. The molecule has 0 amide bonds. The lowest BCUT2D eigenvalue weighted by Crippen LogP contribution is -2.63. The summed E-state index contributed by atoms with van der Waals surface area (Å²) in [6.45, 7) is 6.49. The summed E-state index contributed by atoms with van der Waals surface area (Å²) in [5.74, 6) is -3.45. The van der Waals surface area contributed by atoms with Crippen LogP contribution in [0.2, 0.25) is 0 Å². The van der Waals surface area contributed by atoms with Gasteiger partial charge in [0.05, 0.1) is 13.2 Å². The van der Waals surface area contributed by atoms with Crippen LogP contribution in [0.15, 0.2) is 22.9 Å². The van der Waals surface area contributed by atoms with Crippen molar-refractivity contribution in [3.63, 3.8) is 0 Å². The van der Waals surface area contributed by atoms with Gasteiger partial charge in [0, 0.05) is 27.7 Å². The molecule has 5 atom stereocenters. The highest BCUT2D eigenvalue weighted by atomic mass is 16.7. The molecule has 0 aromatic carbocycles. The van der Waals surface area contributed by atoms with Crippen molar-refractivity contribution in [3.05, 3.63) is 22.9 Å². The van der Waals surface area contributed by atoms with Gasteiger partial charge >= 0.3 is 23.9 Å². The van der Waals surface area contributed by atoms with E-state index in [-0.39, 0.29) is 17.3 Å². The van der Waals surface area contributed by atoms with Crippen molar-refractivity contribution < 1.29 is 61.9 Å². The minimum Gasteiger partial charge on any atom is -0.463 e. The first kappa shape index (κ1) is 28.1. The average molecular weight is 526 g/mol. The number of ether oxygens (including phenoxy) is 8. The van der Waals surface area contributed by atoms with Crippen LogP contribution in [0.1, 0.15) is 47.5 Å². The van der Waals surface area contributed by atoms with Crippen molar-refractivity contribution in [2.24, 2.45) is 0 Å². The lowest BCUT2D eigenvalue weighted by molar-refractivity contribution is -0.299. The molecule has 3 heterocycles. The van der Waals surface area contributed by atoms with Gasteiger partial charge < -0.3 is 37.9 Å². The molecule has 2 saturated heterocycles. The van der Waals surface area contributed by atoms with Crippen molar-refractivity contribution in [1.82, 2.24) is 0 Å². The van der Waals surface area contributed by atoms with E-state index in [0.29, 0.717) is 26.1 Å². The fraction of sp³-hybridized carbons (Fsp3) is 0.625. The van der Waals surface area contributed by atoms with E-state index >= 15 is 0 Å². The first-order chi connectivity index (χ1) is 17.5. The normalized spacial score (nSPS) is 27.8. The summed E-state index contributed by atoms with van der Waals surface area (Å²) < 4.78 is 43.9. The van der Waals surface area contributed by atoms with Crippen LogP contribution in [0.5, 0.6) is 0 Å². The first-order valence-corrected chi connectivity index (χ1v) is 11.7. The Kier molecular flexibility index (Phi) is 9.27. The number of carbonyl (C=O) groups excluding carboxylic acids is 5. The highest BCUT2D eigenvalue weighted by Gasteiger charge is 2.54. The van der Waals surface area contributed by atoms with Crippen LogP contribution >= 0.6 is 0 Å². The lowest BCUT2D eigenvalue weighted by Gasteiger charge is -2.43. The number of allylic oxidation sites excluding steroid dienone is 1. The van der Waals surface area contributed by atoms with E-state index in [1.807, 2.05) is 0 Å². The molecule has 0 aliphatic carbocycles. The second-order valence-corrected chi connectivity index (χ2v) is 8.55. The average Bonchev–Trinajstić information content (AvgIpc) is 3.09. The van der Waals surface area contributed by atoms with Gasteiger partial charge in [0.15, 0.2) is 18.0 Å². The van der Waals surface area contributed by atoms with Crippen molar-refractivity contribution in [2.75, 3.05) is 19.8 Å². The Hall–Kier alpha value is -3.45. The summed E-state index contributed by atoms with van der Waals surface area (Å²) in [7, 11) is 0. The lowest BCUT2D eigenvalue weighted by atomic mass is 9.98. The predicted molar refractivity (Wildman–Crippen MR) is 119 cm³/mol. The van der Waals surface area contributed by atoms with E-state index in [2.05, 4.69) is 0 Å². The number of rotatable bonds is 7. The van der Waals surface area contributed by atoms with Gasteiger partial charge in [-0.2, -0.15) is 0 Å². The summed E-state index contributed by atoms with van der Waals surface area (Å²) in [5.41, 5.74) is 0.774. The summed E-state index contributed by atoms with van der Waals surface area (Å²) in [5, 5.41) is 0. The van der Waals surface area contributed by atoms with Gasteiger partial charge in [0.2, 0.25) is 18.2 Å². The van der Waals surface area contributed by atoms with Gasteiger partial charge in [0.25, 0.3) is 5.78 Å². The van der Waals surface area contributed by atoms with Gasteiger partial charge in [-0.05, 0) is 25.3 Å². The molecule has 0 unspecified atom stereocenters. The van der Waals surface area contributed by atoms with Gasteiger partial charge in [-0.25, -0.2) is 0 Å². The monoisotopic (exact) mass is 526 g/mol. The van der Waals surface area contributed by atoms with Crippen LogP contribution in [0.3, 0.4) is 0 Å². The topological polar surface area (TPSA) is 159 Å². The van der Waals surface area contributed by atoms with E-state index in [0.717, 1.165) is 33.3 Å². The molecule has 0 bridgehead atoms. The van der Waals surface area contributed by atoms with Crippen LogP contribution in [0.4, 0.5) is 0 Å². The van der Waals surface area contributed by atoms with E-state index in [9.17, 15) is 24.0 Å². The maximum Gasteiger partial charge on any atom is 0.303 e. The van der Waals surface area contributed by atoms with Crippen molar-refractivity contribution in [3.8, 4) is 0 Å². The van der Waals surface area contributed by atoms with Crippen molar-refractivity contribution in [2.45, 2.75) is 78.2 Å². The number of carbonyl (C=O) groups is 5. The SMILES string of the molecule is CC(=O)OC[C@H]1O[C@@H](OC2=C(C)OC(=C3CCOCC3)C2=O)[C@H](OC(C)=O)[C@@H](OC(C)=O)[C@@H]1OC(C)=O. The molecule has 3 aliphatic rings. The second-order valence-electron chi connectivity index (χ2n) is 8.55. The summed E-state index contributed by atoms with van der Waals surface area (Å²) in [4.78, 5) is 60.4. The third-order valence-corrected chi connectivity index (χ3v) is 5.59. The van der Waals surface area contributed by atoms with Gasteiger partial charge in [0.1, 0.15) is 18.5 Å². The molecule has 204 valence electrons. The van der Waals surface area contributed by atoms with E-state index in [1.165, 1.54) is 6.92 Å². The van der Waals surface area contributed by atoms with Crippen LogP contribution in [0.25, 0.3) is 0 Å². The minimum atomic E-state index is -1.53. The Balaban J connectivity index is 1.96. The molecule has 3 aliphatic heterocycles. The molecule has 0 aromatic rings. The van der Waals surface area contributed by atoms with Gasteiger partial charge in [-0.3, -0.25) is 24.0 Å². The second kappa shape index (κ2) is 12.2. The third kappa shape index (κ3) is 7.07. The Labute approximate surface area is 212 Å². The Bertz CT molecular complexity index is 1000. The molecule has 0 N–H and O–H groups in total. The Morgan fingerprint density at radius 1 is 0.838 bits per heavy atom. The molecule has 3 rings (SSSR count). The van der Waals surface area contributed by atoms with Crippen LogP contribution < -0.4 is 0 Å². The number of ketones is 1.